The van der Waals surface area contributed by atoms with Crippen LogP contribution in [0.25, 0.3) is 11.6 Å². The largest absolute Gasteiger partial charge is 0.418 e. The fraction of sp³-hybridized carbons (Fsp3) is 0.312. The van der Waals surface area contributed by atoms with E-state index in [0.29, 0.717) is 24.3 Å². The first kappa shape index (κ1) is 17.9. The molecular weight excluding hydrogens is 379 g/mol. The van der Waals surface area contributed by atoms with E-state index in [4.69, 9.17) is 4.42 Å². The van der Waals surface area contributed by atoms with Crippen LogP contribution in [0, 0.1) is 0 Å². The number of hydrogen-bond acceptors (Lipinski definition) is 7. The van der Waals surface area contributed by atoms with Crippen molar-refractivity contribution in [3.05, 3.63) is 36.0 Å². The van der Waals surface area contributed by atoms with Gasteiger partial charge in [0.25, 0.3) is 5.89 Å². The maximum atomic E-state index is 12.7. The average molecular weight is 393 g/mol. The first-order chi connectivity index (χ1) is 13.3. The second-order valence-corrected chi connectivity index (χ2v) is 6.20. The summed E-state index contributed by atoms with van der Waals surface area (Å²) >= 11 is 0. The Bertz CT molecular complexity index is 1010. The van der Waals surface area contributed by atoms with Gasteiger partial charge in [0.05, 0.1) is 11.3 Å². The lowest BCUT2D eigenvalue weighted by Crippen LogP contribution is -2.18. The van der Waals surface area contributed by atoms with Crippen LogP contribution >= 0.6 is 0 Å². The number of amides is 1. The van der Waals surface area contributed by atoms with Gasteiger partial charge < -0.3 is 15.1 Å². The van der Waals surface area contributed by atoms with Crippen molar-refractivity contribution in [3.8, 4) is 11.6 Å². The summed E-state index contributed by atoms with van der Waals surface area (Å²) < 4.78 is 45.1. The third-order valence-corrected chi connectivity index (χ3v) is 4.17. The lowest BCUT2D eigenvalue weighted by atomic mass is 10.1. The summed E-state index contributed by atoms with van der Waals surface area (Å²) in [5, 5.41) is 17.7. The molecule has 0 bridgehead atoms. The van der Waals surface area contributed by atoms with Crippen molar-refractivity contribution in [1.29, 1.82) is 0 Å². The predicted octanol–water partition coefficient (Wildman–Crippen LogP) is 2.23. The quantitative estimate of drug-likeness (QED) is 0.699. The van der Waals surface area contributed by atoms with E-state index in [0.717, 1.165) is 12.3 Å². The first-order valence-corrected chi connectivity index (χ1v) is 8.26. The van der Waals surface area contributed by atoms with E-state index in [1.165, 1.54) is 10.7 Å². The summed E-state index contributed by atoms with van der Waals surface area (Å²) in [7, 11) is 1.66. The van der Waals surface area contributed by atoms with E-state index in [1.807, 2.05) is 0 Å². The Hall–Kier alpha value is -3.44. The van der Waals surface area contributed by atoms with Crippen LogP contribution in [-0.4, -0.2) is 37.4 Å². The molecule has 2 N–H and O–H groups in total. The number of carbonyl (C=O) groups excluding carboxylic acids is 1. The van der Waals surface area contributed by atoms with Crippen LogP contribution in [0.2, 0.25) is 0 Å². The molecular formula is C16H14F3N7O2. The molecule has 9 nitrogen and oxygen atoms in total. The maximum absolute atomic E-state index is 12.7. The van der Waals surface area contributed by atoms with Gasteiger partial charge in [-0.3, -0.25) is 9.48 Å². The third kappa shape index (κ3) is 3.40. The Kier molecular flexibility index (Phi) is 4.24. The highest BCUT2D eigenvalue weighted by atomic mass is 19.4. The maximum Gasteiger partial charge on any atom is 0.417 e. The van der Waals surface area contributed by atoms with Crippen LogP contribution in [0.5, 0.6) is 0 Å². The highest BCUT2D eigenvalue weighted by Gasteiger charge is 2.32. The zero-order valence-corrected chi connectivity index (χ0v) is 14.5. The molecule has 0 radical (unpaired) electrons. The summed E-state index contributed by atoms with van der Waals surface area (Å²) in [4.78, 5) is 15.5. The van der Waals surface area contributed by atoms with Crippen LogP contribution in [0.4, 0.5) is 24.7 Å². The number of aromatic nitrogens is 5. The Labute approximate surface area is 156 Å². The van der Waals surface area contributed by atoms with Crippen molar-refractivity contribution < 1.29 is 22.4 Å². The Balaban J connectivity index is 1.59. The summed E-state index contributed by atoms with van der Waals surface area (Å²) in [5.41, 5.74) is -0.136. The fourth-order valence-electron chi connectivity index (χ4n) is 2.81. The molecule has 3 aromatic heterocycles. The van der Waals surface area contributed by atoms with Crippen LogP contribution in [0.3, 0.4) is 0 Å². The van der Waals surface area contributed by atoms with Crippen molar-refractivity contribution >= 4 is 17.4 Å². The van der Waals surface area contributed by atoms with Gasteiger partial charge in [-0.2, -0.15) is 18.3 Å². The minimum atomic E-state index is -4.46. The van der Waals surface area contributed by atoms with Crippen LogP contribution in [-0.2, 0) is 18.0 Å². The number of aryl methyl sites for hydroxylation is 1. The molecule has 0 spiro atoms. The van der Waals surface area contributed by atoms with E-state index in [9.17, 15) is 18.0 Å². The second kappa shape index (κ2) is 6.62. The monoisotopic (exact) mass is 393 g/mol. The minimum absolute atomic E-state index is 0.0877. The normalized spacial score (nSPS) is 17.0. The standard InChI is InChI=1S/C16H14F3N7O2/c1-26-7-10(22-11-3-2-8(6-21-11)16(17,18)19)12(25-26)15-24-23-14(28-15)9-4-5-20-13(9)27/h2-3,6-7,9H,4-5H2,1H3,(H,20,27)(H,21,22). The minimum Gasteiger partial charge on any atom is -0.418 e. The fourth-order valence-corrected chi connectivity index (χ4v) is 2.81. The third-order valence-electron chi connectivity index (χ3n) is 4.17. The summed E-state index contributed by atoms with van der Waals surface area (Å²) in [6.07, 6.45) is -1.57. The zero-order valence-electron chi connectivity index (χ0n) is 14.5. The molecule has 4 heterocycles. The first-order valence-electron chi connectivity index (χ1n) is 8.26. The highest BCUT2D eigenvalue weighted by molar-refractivity contribution is 5.84. The Morgan fingerprint density at radius 2 is 2.14 bits per heavy atom. The van der Waals surface area contributed by atoms with Gasteiger partial charge in [0, 0.05) is 26.0 Å². The smallest absolute Gasteiger partial charge is 0.417 e. The molecule has 12 heteroatoms. The molecule has 28 heavy (non-hydrogen) atoms. The number of nitrogens with zero attached hydrogens (tertiary/aromatic N) is 5. The number of nitrogens with one attached hydrogen (secondary N) is 2. The van der Waals surface area contributed by atoms with E-state index in [1.54, 1.807) is 13.2 Å². The van der Waals surface area contributed by atoms with E-state index < -0.39 is 17.7 Å². The number of pyridine rings is 1. The molecule has 1 unspecified atom stereocenters. The van der Waals surface area contributed by atoms with Gasteiger partial charge in [-0.25, -0.2) is 4.98 Å². The van der Waals surface area contributed by atoms with Gasteiger partial charge >= 0.3 is 6.18 Å². The number of rotatable bonds is 4. The molecule has 146 valence electrons. The van der Waals surface area contributed by atoms with Crippen molar-refractivity contribution in [2.24, 2.45) is 7.05 Å². The number of hydrogen-bond donors (Lipinski definition) is 2. The summed E-state index contributed by atoms with van der Waals surface area (Å²) in [6.45, 7) is 0.539. The predicted molar refractivity (Wildman–Crippen MR) is 89.4 cm³/mol. The molecule has 1 aliphatic heterocycles. The van der Waals surface area contributed by atoms with Crippen molar-refractivity contribution in [1.82, 2.24) is 30.3 Å². The van der Waals surface area contributed by atoms with Gasteiger partial charge in [0.2, 0.25) is 11.8 Å². The van der Waals surface area contributed by atoms with Gasteiger partial charge in [-0.1, -0.05) is 0 Å². The number of carbonyl (C=O) groups is 1. The van der Waals surface area contributed by atoms with E-state index >= 15 is 0 Å². The molecule has 0 aliphatic carbocycles. The molecule has 1 amide bonds. The molecule has 4 rings (SSSR count). The topological polar surface area (TPSA) is 111 Å². The molecule has 1 aliphatic rings. The van der Waals surface area contributed by atoms with Crippen molar-refractivity contribution in [2.75, 3.05) is 11.9 Å². The van der Waals surface area contributed by atoms with Gasteiger partial charge in [0.15, 0.2) is 5.69 Å². The second-order valence-electron chi connectivity index (χ2n) is 6.20. The molecule has 1 saturated heterocycles. The van der Waals surface area contributed by atoms with Crippen LogP contribution < -0.4 is 10.6 Å². The molecule has 1 atom stereocenters. The Morgan fingerprint density at radius 3 is 2.79 bits per heavy atom. The summed E-state index contributed by atoms with van der Waals surface area (Å²) in [6, 6.07) is 2.14. The number of anilines is 2. The SMILES string of the molecule is Cn1cc(Nc2ccc(C(F)(F)F)cn2)c(-c2nnc(C3CCNC3=O)o2)n1. The molecule has 1 fully saturated rings. The van der Waals surface area contributed by atoms with Gasteiger partial charge in [0.1, 0.15) is 11.7 Å². The van der Waals surface area contributed by atoms with Gasteiger partial charge in [-0.15, -0.1) is 10.2 Å². The van der Waals surface area contributed by atoms with Gasteiger partial charge in [-0.05, 0) is 18.6 Å². The van der Waals surface area contributed by atoms with Crippen LogP contribution in [0.1, 0.15) is 23.8 Å². The van der Waals surface area contributed by atoms with Crippen molar-refractivity contribution in [3.63, 3.8) is 0 Å². The summed E-state index contributed by atoms with van der Waals surface area (Å²) in [5.74, 6) is -0.211. The van der Waals surface area contributed by atoms with E-state index in [2.05, 4.69) is 30.9 Å². The van der Waals surface area contributed by atoms with Crippen LogP contribution in [0.15, 0.2) is 28.9 Å². The molecule has 0 aromatic carbocycles. The zero-order chi connectivity index (χ0) is 19.9. The lowest BCUT2D eigenvalue weighted by Gasteiger charge is -2.08. The average Bonchev–Trinajstić information content (AvgIpc) is 3.34. The molecule has 3 aromatic rings. The highest BCUT2D eigenvalue weighted by Crippen LogP contribution is 2.32. The van der Waals surface area contributed by atoms with Crippen molar-refractivity contribution in [2.45, 2.75) is 18.5 Å². The number of halogens is 3. The number of alkyl halides is 3. The molecule has 0 saturated carbocycles. The lowest BCUT2D eigenvalue weighted by molar-refractivity contribution is -0.137. The van der Waals surface area contributed by atoms with E-state index in [-0.39, 0.29) is 23.5 Å². The Morgan fingerprint density at radius 1 is 1.32 bits per heavy atom.